The predicted molar refractivity (Wildman–Crippen MR) is 140 cm³/mol. The summed E-state index contributed by atoms with van der Waals surface area (Å²) in [4.78, 5) is 14.1. The molecule has 35 heavy (non-hydrogen) atoms. The van der Waals surface area contributed by atoms with Gasteiger partial charge in [0, 0.05) is 17.3 Å². The number of nitrogens with one attached hydrogen (secondary N) is 1. The minimum absolute atomic E-state index is 0.300. The summed E-state index contributed by atoms with van der Waals surface area (Å²) in [5, 5.41) is 12.8. The first-order valence-electron chi connectivity index (χ1n) is 11.0. The average molecular weight is 503 g/mol. The second kappa shape index (κ2) is 9.78. The number of anilines is 1. The molecule has 0 spiro atoms. The Morgan fingerprint density at radius 2 is 1.80 bits per heavy atom. The van der Waals surface area contributed by atoms with Gasteiger partial charge in [0.15, 0.2) is 0 Å². The third kappa shape index (κ3) is 4.99. The van der Waals surface area contributed by atoms with Crippen LogP contribution in [0.25, 0.3) is 34.1 Å². The van der Waals surface area contributed by atoms with Gasteiger partial charge in [-0.05, 0) is 72.7 Å². The van der Waals surface area contributed by atoms with Crippen molar-refractivity contribution >= 4 is 51.9 Å². The third-order valence-corrected chi connectivity index (χ3v) is 6.29. The molecule has 5 rings (SSSR count). The highest BCUT2D eigenvalue weighted by molar-refractivity contribution is 6.43. The van der Waals surface area contributed by atoms with Crippen molar-refractivity contribution in [3.63, 3.8) is 0 Å². The highest BCUT2D eigenvalue weighted by atomic mass is 35.5. The first-order chi connectivity index (χ1) is 17.0. The topological polar surface area (TPSA) is 73.0 Å². The maximum absolute atomic E-state index is 12.5. The molecule has 0 aliphatic heterocycles. The van der Waals surface area contributed by atoms with E-state index in [1.807, 2.05) is 24.3 Å². The van der Waals surface area contributed by atoms with Crippen LogP contribution in [0.1, 0.15) is 18.2 Å². The van der Waals surface area contributed by atoms with Gasteiger partial charge in [-0.25, -0.2) is 0 Å². The van der Waals surface area contributed by atoms with Gasteiger partial charge in [-0.15, -0.1) is 10.2 Å². The monoisotopic (exact) mass is 502 g/mol. The fraction of sp³-hybridized carbons (Fsp3) is 0.0741. The van der Waals surface area contributed by atoms with Crippen LogP contribution in [0.5, 0.6) is 0 Å². The number of amides is 1. The molecule has 1 amide bonds. The number of hydrogen-bond donors (Lipinski definition) is 1. The molecule has 3 aromatic carbocycles. The number of nitrogens with zero attached hydrogens (tertiary/aromatic N) is 3. The molecule has 2 heterocycles. The van der Waals surface area contributed by atoms with Crippen molar-refractivity contribution in [1.82, 2.24) is 15.0 Å². The number of aryl methyl sites for hydroxylation is 1. The van der Waals surface area contributed by atoms with Crippen LogP contribution < -0.4 is 5.32 Å². The summed E-state index contributed by atoms with van der Waals surface area (Å²) in [6, 6.07) is 22.4. The zero-order valence-electron chi connectivity index (χ0n) is 18.7. The summed E-state index contributed by atoms with van der Waals surface area (Å²) < 4.78 is 5.79. The number of benzene rings is 3. The number of furan rings is 1. The van der Waals surface area contributed by atoms with E-state index in [0.29, 0.717) is 38.3 Å². The molecule has 1 N–H and O–H groups in total. The molecule has 0 saturated heterocycles. The standard InChI is InChI=1S/C27H20Cl2N4O2/c1-2-17-6-9-19(10-7-17)33-31-23-13-8-18(16-24(23)32-33)30-26(34)15-12-20-11-14-25(35-20)21-4-3-5-22(28)27(21)29/h3-16H,2H2,1H3,(H,30,34). The first-order valence-corrected chi connectivity index (χ1v) is 11.8. The second-order valence-corrected chi connectivity index (χ2v) is 8.62. The molecular weight excluding hydrogens is 483 g/mol. The van der Waals surface area contributed by atoms with E-state index in [2.05, 4.69) is 34.6 Å². The van der Waals surface area contributed by atoms with Crippen molar-refractivity contribution in [2.24, 2.45) is 0 Å². The summed E-state index contributed by atoms with van der Waals surface area (Å²) in [7, 11) is 0. The molecule has 0 saturated carbocycles. The van der Waals surface area contributed by atoms with Crippen molar-refractivity contribution in [2.75, 3.05) is 5.32 Å². The maximum atomic E-state index is 12.5. The third-order valence-electron chi connectivity index (χ3n) is 5.47. The van der Waals surface area contributed by atoms with Crippen LogP contribution in [0.4, 0.5) is 5.69 Å². The highest BCUT2D eigenvalue weighted by Gasteiger charge is 2.11. The number of fused-ring (bicyclic) bond motifs is 1. The van der Waals surface area contributed by atoms with E-state index < -0.39 is 0 Å². The summed E-state index contributed by atoms with van der Waals surface area (Å²) in [5.41, 5.74) is 4.85. The summed E-state index contributed by atoms with van der Waals surface area (Å²) in [5.74, 6) is 0.778. The molecule has 6 nitrogen and oxygen atoms in total. The molecule has 8 heteroatoms. The number of hydrogen-bond acceptors (Lipinski definition) is 4. The minimum Gasteiger partial charge on any atom is -0.457 e. The van der Waals surface area contributed by atoms with Crippen molar-refractivity contribution in [2.45, 2.75) is 13.3 Å². The zero-order valence-corrected chi connectivity index (χ0v) is 20.2. The fourth-order valence-electron chi connectivity index (χ4n) is 3.60. The molecule has 0 fully saturated rings. The van der Waals surface area contributed by atoms with E-state index in [0.717, 1.165) is 17.6 Å². The lowest BCUT2D eigenvalue weighted by atomic mass is 10.2. The Labute approximate surface area is 211 Å². The van der Waals surface area contributed by atoms with Crippen LogP contribution in [-0.2, 0) is 11.2 Å². The Balaban J connectivity index is 1.28. The van der Waals surface area contributed by atoms with Gasteiger partial charge in [-0.1, -0.05) is 48.3 Å². The number of carbonyl (C=O) groups excluding carboxylic acids is 1. The Kier molecular flexibility index (Phi) is 6.40. The molecule has 5 aromatic rings. The van der Waals surface area contributed by atoms with Gasteiger partial charge in [-0.2, -0.15) is 4.80 Å². The predicted octanol–water partition coefficient (Wildman–Crippen LogP) is 7.20. The van der Waals surface area contributed by atoms with Crippen LogP contribution in [0.3, 0.4) is 0 Å². The molecular formula is C27H20Cl2N4O2. The number of aromatic nitrogens is 3. The molecule has 0 aliphatic carbocycles. The fourth-order valence-corrected chi connectivity index (χ4v) is 3.99. The van der Waals surface area contributed by atoms with E-state index in [1.165, 1.54) is 11.6 Å². The van der Waals surface area contributed by atoms with Crippen molar-refractivity contribution in [1.29, 1.82) is 0 Å². The van der Waals surface area contributed by atoms with Gasteiger partial charge in [-0.3, -0.25) is 4.79 Å². The molecule has 0 unspecified atom stereocenters. The average Bonchev–Trinajstić information content (AvgIpc) is 3.51. The lowest BCUT2D eigenvalue weighted by Crippen LogP contribution is -2.07. The van der Waals surface area contributed by atoms with Crippen molar-refractivity contribution in [3.05, 3.63) is 100 Å². The second-order valence-electron chi connectivity index (χ2n) is 7.84. The molecule has 0 bridgehead atoms. The summed E-state index contributed by atoms with van der Waals surface area (Å²) in [6.45, 7) is 2.11. The van der Waals surface area contributed by atoms with Gasteiger partial charge in [0.2, 0.25) is 5.91 Å². The SMILES string of the molecule is CCc1ccc(-n2nc3ccc(NC(=O)C=Cc4ccc(-c5cccc(Cl)c5Cl)o4)cc3n2)cc1. The summed E-state index contributed by atoms with van der Waals surface area (Å²) in [6.07, 6.45) is 3.97. The Bertz CT molecular complexity index is 1550. The number of rotatable bonds is 6. The van der Waals surface area contributed by atoms with Crippen molar-refractivity contribution < 1.29 is 9.21 Å². The lowest BCUT2D eigenvalue weighted by molar-refractivity contribution is -0.111. The van der Waals surface area contributed by atoms with E-state index in [9.17, 15) is 4.79 Å². The van der Waals surface area contributed by atoms with Crippen LogP contribution in [-0.4, -0.2) is 20.9 Å². The largest absolute Gasteiger partial charge is 0.457 e. The normalized spacial score (nSPS) is 11.4. The van der Waals surface area contributed by atoms with Gasteiger partial charge in [0.05, 0.1) is 15.7 Å². The molecule has 2 aromatic heterocycles. The Hall–Kier alpha value is -3.87. The van der Waals surface area contributed by atoms with E-state index in [-0.39, 0.29) is 5.91 Å². The molecule has 0 radical (unpaired) electrons. The smallest absolute Gasteiger partial charge is 0.248 e. The van der Waals surface area contributed by atoms with E-state index in [1.54, 1.807) is 47.3 Å². The quantitative estimate of drug-likeness (QED) is 0.249. The van der Waals surface area contributed by atoms with Crippen LogP contribution in [0.15, 0.2) is 83.3 Å². The number of carbonyl (C=O) groups is 1. The molecule has 174 valence electrons. The molecule has 0 atom stereocenters. The van der Waals surface area contributed by atoms with Gasteiger partial charge < -0.3 is 9.73 Å². The zero-order chi connectivity index (χ0) is 24.4. The molecule has 0 aliphatic rings. The maximum Gasteiger partial charge on any atom is 0.248 e. The van der Waals surface area contributed by atoms with Gasteiger partial charge >= 0.3 is 0 Å². The van der Waals surface area contributed by atoms with E-state index >= 15 is 0 Å². The first kappa shape index (κ1) is 22.9. The van der Waals surface area contributed by atoms with Crippen LogP contribution in [0, 0.1) is 0 Å². The Morgan fingerprint density at radius 3 is 2.60 bits per heavy atom. The van der Waals surface area contributed by atoms with Gasteiger partial charge in [0.25, 0.3) is 0 Å². The van der Waals surface area contributed by atoms with Crippen LogP contribution >= 0.6 is 23.2 Å². The number of halogens is 2. The van der Waals surface area contributed by atoms with Crippen LogP contribution in [0.2, 0.25) is 10.0 Å². The Morgan fingerprint density at radius 1 is 1.00 bits per heavy atom. The summed E-state index contributed by atoms with van der Waals surface area (Å²) >= 11 is 12.3. The highest BCUT2D eigenvalue weighted by Crippen LogP contribution is 2.34. The van der Waals surface area contributed by atoms with Crippen molar-refractivity contribution in [3.8, 4) is 17.0 Å². The van der Waals surface area contributed by atoms with Gasteiger partial charge in [0.1, 0.15) is 22.6 Å². The lowest BCUT2D eigenvalue weighted by Gasteiger charge is -2.02. The van der Waals surface area contributed by atoms with E-state index in [4.69, 9.17) is 27.6 Å². The minimum atomic E-state index is -0.300.